The molecule has 4 nitrogen and oxygen atoms in total. The molecule has 0 aliphatic heterocycles. The third kappa shape index (κ3) is 4.74. The number of nitrogens with one attached hydrogen (secondary N) is 1. The van der Waals surface area contributed by atoms with Gasteiger partial charge < -0.3 is 10.1 Å². The maximum absolute atomic E-state index is 12.7. The zero-order chi connectivity index (χ0) is 17.8. The van der Waals surface area contributed by atoms with E-state index in [1.165, 1.54) is 0 Å². The number of anilines is 1. The number of alkyl halides is 6. The summed E-state index contributed by atoms with van der Waals surface area (Å²) in [6.45, 7) is -0.144. The van der Waals surface area contributed by atoms with E-state index in [1.54, 1.807) is 0 Å². The summed E-state index contributed by atoms with van der Waals surface area (Å²) in [7, 11) is 0. The molecule has 0 spiro atoms. The second-order valence-electron chi connectivity index (χ2n) is 4.56. The van der Waals surface area contributed by atoms with Gasteiger partial charge in [0.05, 0.1) is 12.1 Å². The van der Waals surface area contributed by atoms with Crippen molar-refractivity contribution in [2.24, 2.45) is 0 Å². The van der Waals surface area contributed by atoms with Crippen LogP contribution in [0.5, 0.6) is 5.88 Å². The van der Waals surface area contributed by atoms with E-state index in [2.05, 4.69) is 15.3 Å². The SMILES string of the molecule is FC(F)(F)c1ccc(NCCOc2ncccc2C(F)(F)F)nc1. The molecule has 0 amide bonds. The molecule has 2 rings (SSSR count). The molecule has 2 aromatic heterocycles. The Morgan fingerprint density at radius 2 is 1.71 bits per heavy atom. The third-order valence-electron chi connectivity index (χ3n) is 2.81. The highest BCUT2D eigenvalue weighted by molar-refractivity contribution is 5.36. The van der Waals surface area contributed by atoms with Crippen LogP contribution in [-0.4, -0.2) is 23.1 Å². The molecule has 0 saturated heterocycles. The number of hydrogen-bond acceptors (Lipinski definition) is 4. The first-order chi connectivity index (χ1) is 11.2. The van der Waals surface area contributed by atoms with Crippen molar-refractivity contribution in [2.45, 2.75) is 12.4 Å². The summed E-state index contributed by atoms with van der Waals surface area (Å²) < 4.78 is 80.2. The predicted octanol–water partition coefficient (Wildman–Crippen LogP) is 4.01. The van der Waals surface area contributed by atoms with Crippen molar-refractivity contribution < 1.29 is 31.1 Å². The fourth-order valence-electron chi connectivity index (χ4n) is 1.71. The van der Waals surface area contributed by atoms with Crippen molar-refractivity contribution in [3.8, 4) is 5.88 Å². The highest BCUT2D eigenvalue weighted by Crippen LogP contribution is 2.34. The molecule has 0 fully saturated rings. The maximum Gasteiger partial charge on any atom is 0.421 e. The topological polar surface area (TPSA) is 47.0 Å². The van der Waals surface area contributed by atoms with Gasteiger partial charge in [0.25, 0.3) is 0 Å². The molecule has 0 radical (unpaired) electrons. The Kier molecular flexibility index (Phi) is 5.15. The van der Waals surface area contributed by atoms with E-state index >= 15 is 0 Å². The van der Waals surface area contributed by atoms with Crippen LogP contribution in [-0.2, 0) is 12.4 Å². The summed E-state index contributed by atoms with van der Waals surface area (Å²) in [5.41, 5.74) is -1.90. The van der Waals surface area contributed by atoms with Crippen LogP contribution in [0.2, 0.25) is 0 Å². The number of hydrogen-bond donors (Lipinski definition) is 1. The Labute approximate surface area is 132 Å². The van der Waals surface area contributed by atoms with Crippen molar-refractivity contribution >= 4 is 5.82 Å². The quantitative estimate of drug-likeness (QED) is 0.653. The van der Waals surface area contributed by atoms with Gasteiger partial charge in [-0.2, -0.15) is 26.3 Å². The Hall–Kier alpha value is -2.52. The number of nitrogens with zero attached hydrogens (tertiary/aromatic N) is 2. The molecular weight excluding hydrogens is 340 g/mol. The first kappa shape index (κ1) is 17.8. The molecule has 0 saturated carbocycles. The normalized spacial score (nSPS) is 12.1. The van der Waals surface area contributed by atoms with E-state index in [0.717, 1.165) is 30.5 Å². The molecule has 0 bridgehead atoms. The standard InChI is InChI=1S/C14H11F6N3O/c15-13(16,17)9-3-4-11(23-8-9)21-6-7-24-12-10(14(18,19)20)2-1-5-22-12/h1-5,8H,6-7H2,(H,21,23). The van der Waals surface area contributed by atoms with Gasteiger partial charge >= 0.3 is 12.4 Å². The van der Waals surface area contributed by atoms with Crippen LogP contribution in [0.3, 0.4) is 0 Å². The van der Waals surface area contributed by atoms with Crippen LogP contribution < -0.4 is 10.1 Å². The molecule has 130 valence electrons. The summed E-state index contributed by atoms with van der Waals surface area (Å²) in [6.07, 6.45) is -7.26. The van der Waals surface area contributed by atoms with Gasteiger partial charge in [0.2, 0.25) is 5.88 Å². The number of aromatic nitrogens is 2. The minimum atomic E-state index is -4.59. The summed E-state index contributed by atoms with van der Waals surface area (Å²) in [5.74, 6) is -0.421. The lowest BCUT2D eigenvalue weighted by Gasteiger charge is -2.13. The smallest absolute Gasteiger partial charge is 0.421 e. The van der Waals surface area contributed by atoms with Gasteiger partial charge in [-0.05, 0) is 24.3 Å². The Morgan fingerprint density at radius 1 is 0.958 bits per heavy atom. The summed E-state index contributed by atoms with van der Waals surface area (Å²) in [5, 5.41) is 2.64. The largest absolute Gasteiger partial charge is 0.475 e. The lowest BCUT2D eigenvalue weighted by molar-refractivity contribution is -0.139. The molecular formula is C14H11F6N3O. The average molecular weight is 351 g/mol. The molecule has 1 N–H and O–H groups in total. The van der Waals surface area contributed by atoms with Crippen LogP contribution in [0.1, 0.15) is 11.1 Å². The first-order valence-corrected chi connectivity index (χ1v) is 6.60. The van der Waals surface area contributed by atoms with Gasteiger partial charge in [-0.1, -0.05) is 0 Å². The van der Waals surface area contributed by atoms with Gasteiger partial charge in [0.15, 0.2) is 0 Å². The minimum absolute atomic E-state index is 0.0340. The van der Waals surface area contributed by atoms with E-state index in [-0.39, 0.29) is 19.0 Å². The maximum atomic E-state index is 12.7. The second-order valence-corrected chi connectivity index (χ2v) is 4.56. The van der Waals surface area contributed by atoms with Crippen LogP contribution >= 0.6 is 0 Å². The predicted molar refractivity (Wildman–Crippen MR) is 72.5 cm³/mol. The molecule has 10 heteroatoms. The van der Waals surface area contributed by atoms with E-state index in [4.69, 9.17) is 4.74 Å². The van der Waals surface area contributed by atoms with E-state index < -0.39 is 29.4 Å². The van der Waals surface area contributed by atoms with Gasteiger partial charge in [-0.15, -0.1) is 0 Å². The molecule has 0 aliphatic carbocycles. The minimum Gasteiger partial charge on any atom is -0.475 e. The Balaban J connectivity index is 1.88. The van der Waals surface area contributed by atoms with Gasteiger partial charge in [-0.25, -0.2) is 9.97 Å². The molecule has 2 aromatic rings. The van der Waals surface area contributed by atoms with Crippen molar-refractivity contribution in [2.75, 3.05) is 18.5 Å². The van der Waals surface area contributed by atoms with E-state index in [9.17, 15) is 26.3 Å². The molecule has 0 unspecified atom stereocenters. The highest BCUT2D eigenvalue weighted by atomic mass is 19.4. The number of pyridine rings is 2. The van der Waals surface area contributed by atoms with Gasteiger partial charge in [-0.3, -0.25) is 0 Å². The molecule has 24 heavy (non-hydrogen) atoms. The molecule has 0 aliphatic rings. The van der Waals surface area contributed by atoms with E-state index in [0.29, 0.717) is 6.20 Å². The summed E-state index contributed by atoms with van der Waals surface area (Å²) in [4.78, 5) is 7.08. The van der Waals surface area contributed by atoms with Gasteiger partial charge in [0, 0.05) is 12.4 Å². The summed E-state index contributed by atoms with van der Waals surface area (Å²) in [6, 6.07) is 3.94. The zero-order valence-electron chi connectivity index (χ0n) is 11.9. The fourth-order valence-corrected chi connectivity index (χ4v) is 1.71. The zero-order valence-corrected chi connectivity index (χ0v) is 11.9. The highest BCUT2D eigenvalue weighted by Gasteiger charge is 2.35. The number of rotatable bonds is 5. The van der Waals surface area contributed by atoms with Crippen molar-refractivity contribution in [3.05, 3.63) is 47.8 Å². The average Bonchev–Trinajstić information content (AvgIpc) is 2.50. The van der Waals surface area contributed by atoms with E-state index in [1.807, 2.05) is 0 Å². The lowest BCUT2D eigenvalue weighted by atomic mass is 10.2. The monoisotopic (exact) mass is 351 g/mol. The van der Waals surface area contributed by atoms with Crippen LogP contribution in [0, 0.1) is 0 Å². The first-order valence-electron chi connectivity index (χ1n) is 6.60. The Morgan fingerprint density at radius 3 is 2.29 bits per heavy atom. The molecule has 2 heterocycles. The summed E-state index contributed by atoms with van der Waals surface area (Å²) >= 11 is 0. The Bertz CT molecular complexity index is 669. The molecule has 0 aromatic carbocycles. The number of halogens is 6. The third-order valence-corrected chi connectivity index (χ3v) is 2.81. The van der Waals surface area contributed by atoms with Gasteiger partial charge in [0.1, 0.15) is 18.0 Å². The lowest BCUT2D eigenvalue weighted by Crippen LogP contribution is -2.16. The van der Waals surface area contributed by atoms with Crippen LogP contribution in [0.4, 0.5) is 32.2 Å². The van der Waals surface area contributed by atoms with Crippen molar-refractivity contribution in [1.82, 2.24) is 9.97 Å². The number of ether oxygens (including phenoxy) is 1. The van der Waals surface area contributed by atoms with Crippen molar-refractivity contribution in [1.29, 1.82) is 0 Å². The van der Waals surface area contributed by atoms with Crippen LogP contribution in [0.15, 0.2) is 36.7 Å². The fraction of sp³-hybridized carbons (Fsp3) is 0.286. The second kappa shape index (κ2) is 6.93. The van der Waals surface area contributed by atoms with Crippen LogP contribution in [0.25, 0.3) is 0 Å². The molecule has 0 atom stereocenters. The van der Waals surface area contributed by atoms with Crippen molar-refractivity contribution in [3.63, 3.8) is 0 Å².